The highest BCUT2D eigenvalue weighted by Gasteiger charge is 2.32. The molecule has 0 aromatic rings. The van der Waals surface area contributed by atoms with Gasteiger partial charge in [-0.1, -0.05) is 26.2 Å². The van der Waals surface area contributed by atoms with Crippen LogP contribution >= 0.6 is 0 Å². The van der Waals surface area contributed by atoms with E-state index >= 15 is 0 Å². The minimum atomic E-state index is -4.02. The first kappa shape index (κ1) is 14.8. The highest BCUT2D eigenvalue weighted by atomic mass is 19.4. The molecule has 0 aliphatic heterocycles. The molecule has 1 fully saturated rings. The van der Waals surface area contributed by atoms with E-state index < -0.39 is 12.6 Å². The standard InChI is InChI=1S/C13H24F3N/c1-3-10-5-4-6-11(9-10)12(17-2)7-8-13(14,15)16/h10-12,17H,3-9H2,1-2H3. The maximum absolute atomic E-state index is 12.2. The first-order valence-corrected chi connectivity index (χ1v) is 6.70. The van der Waals surface area contributed by atoms with Crippen molar-refractivity contribution < 1.29 is 13.2 Å². The van der Waals surface area contributed by atoms with Crippen molar-refractivity contribution in [1.29, 1.82) is 0 Å². The third-order valence-electron chi connectivity index (χ3n) is 4.08. The maximum atomic E-state index is 12.2. The molecule has 0 saturated heterocycles. The summed E-state index contributed by atoms with van der Waals surface area (Å²) in [5, 5.41) is 3.09. The molecule has 0 aromatic heterocycles. The minimum absolute atomic E-state index is 0.0333. The average Bonchev–Trinajstić information content (AvgIpc) is 2.29. The van der Waals surface area contributed by atoms with E-state index in [2.05, 4.69) is 12.2 Å². The van der Waals surface area contributed by atoms with E-state index in [0.29, 0.717) is 5.92 Å². The molecule has 1 aliphatic rings. The van der Waals surface area contributed by atoms with Crippen LogP contribution in [0.25, 0.3) is 0 Å². The summed E-state index contributed by atoms with van der Waals surface area (Å²) in [5.41, 5.74) is 0. The number of halogens is 3. The second-order valence-electron chi connectivity index (χ2n) is 5.25. The normalized spacial score (nSPS) is 28.1. The van der Waals surface area contributed by atoms with Crippen LogP contribution in [0.5, 0.6) is 0 Å². The van der Waals surface area contributed by atoms with Gasteiger partial charge in [0.15, 0.2) is 0 Å². The van der Waals surface area contributed by atoms with Crippen molar-refractivity contribution in [3.05, 3.63) is 0 Å². The third kappa shape index (κ3) is 5.28. The molecule has 102 valence electrons. The van der Waals surface area contributed by atoms with Crippen LogP contribution in [0.4, 0.5) is 13.2 Å². The van der Waals surface area contributed by atoms with Crippen molar-refractivity contribution in [2.45, 2.75) is 64.1 Å². The molecular weight excluding hydrogens is 227 g/mol. The van der Waals surface area contributed by atoms with E-state index in [-0.39, 0.29) is 12.5 Å². The van der Waals surface area contributed by atoms with Gasteiger partial charge >= 0.3 is 6.18 Å². The van der Waals surface area contributed by atoms with E-state index in [1.807, 2.05) is 0 Å². The molecule has 0 heterocycles. The van der Waals surface area contributed by atoms with Gasteiger partial charge in [-0.3, -0.25) is 0 Å². The molecule has 4 heteroatoms. The topological polar surface area (TPSA) is 12.0 Å². The van der Waals surface area contributed by atoms with Crippen LogP contribution < -0.4 is 5.32 Å². The predicted octanol–water partition coefficient (Wildman–Crippen LogP) is 4.13. The third-order valence-corrected chi connectivity index (χ3v) is 4.08. The number of nitrogens with one attached hydrogen (secondary N) is 1. The molecule has 0 bridgehead atoms. The van der Waals surface area contributed by atoms with E-state index in [9.17, 15) is 13.2 Å². The fraction of sp³-hybridized carbons (Fsp3) is 1.00. The van der Waals surface area contributed by atoms with E-state index in [1.165, 1.54) is 12.8 Å². The molecule has 1 saturated carbocycles. The first-order valence-electron chi connectivity index (χ1n) is 6.70. The van der Waals surface area contributed by atoms with Crippen molar-refractivity contribution in [1.82, 2.24) is 5.32 Å². The lowest BCUT2D eigenvalue weighted by molar-refractivity contribution is -0.137. The largest absolute Gasteiger partial charge is 0.389 e. The monoisotopic (exact) mass is 251 g/mol. The number of hydrogen-bond acceptors (Lipinski definition) is 1. The van der Waals surface area contributed by atoms with Gasteiger partial charge in [-0.15, -0.1) is 0 Å². The fourth-order valence-corrected chi connectivity index (χ4v) is 3.00. The summed E-state index contributed by atoms with van der Waals surface area (Å²) >= 11 is 0. The predicted molar refractivity (Wildman–Crippen MR) is 63.9 cm³/mol. The summed E-state index contributed by atoms with van der Waals surface area (Å²) in [6, 6.07) is 0.0333. The summed E-state index contributed by atoms with van der Waals surface area (Å²) < 4.78 is 36.7. The number of alkyl halides is 3. The molecule has 1 nitrogen and oxygen atoms in total. The van der Waals surface area contributed by atoms with E-state index in [4.69, 9.17) is 0 Å². The fourth-order valence-electron chi connectivity index (χ4n) is 3.00. The SMILES string of the molecule is CCC1CCCC(C(CCC(F)(F)F)NC)C1. The van der Waals surface area contributed by atoms with Crippen LogP contribution in [0.3, 0.4) is 0 Å². The smallest absolute Gasteiger partial charge is 0.317 e. The second-order valence-corrected chi connectivity index (χ2v) is 5.25. The Kier molecular flexibility index (Phi) is 5.77. The van der Waals surface area contributed by atoms with Gasteiger partial charge in [-0.25, -0.2) is 0 Å². The summed E-state index contributed by atoms with van der Waals surface area (Å²) in [6.45, 7) is 2.18. The number of rotatable bonds is 5. The zero-order valence-corrected chi connectivity index (χ0v) is 10.8. The highest BCUT2D eigenvalue weighted by molar-refractivity contribution is 4.82. The van der Waals surface area contributed by atoms with Gasteiger partial charge in [0.25, 0.3) is 0 Å². The molecule has 1 N–H and O–H groups in total. The highest BCUT2D eigenvalue weighted by Crippen LogP contribution is 2.35. The summed E-state index contributed by atoms with van der Waals surface area (Å²) in [4.78, 5) is 0. The van der Waals surface area contributed by atoms with E-state index in [0.717, 1.165) is 25.2 Å². The Morgan fingerprint density at radius 3 is 2.53 bits per heavy atom. The van der Waals surface area contributed by atoms with Crippen molar-refractivity contribution in [2.75, 3.05) is 7.05 Å². The molecule has 3 unspecified atom stereocenters. The molecular formula is C13H24F3N. The Balaban J connectivity index is 2.43. The quantitative estimate of drug-likeness (QED) is 0.774. The molecule has 17 heavy (non-hydrogen) atoms. The second kappa shape index (κ2) is 6.62. The number of hydrogen-bond donors (Lipinski definition) is 1. The molecule has 0 radical (unpaired) electrons. The van der Waals surface area contributed by atoms with E-state index in [1.54, 1.807) is 7.05 Å². The van der Waals surface area contributed by atoms with Crippen LogP contribution in [0.2, 0.25) is 0 Å². The van der Waals surface area contributed by atoms with Gasteiger partial charge < -0.3 is 5.32 Å². The summed E-state index contributed by atoms with van der Waals surface area (Å²) in [5.74, 6) is 1.15. The maximum Gasteiger partial charge on any atom is 0.389 e. The summed E-state index contributed by atoms with van der Waals surface area (Å²) in [7, 11) is 1.79. The molecule has 0 aromatic carbocycles. The van der Waals surface area contributed by atoms with Gasteiger partial charge in [0.2, 0.25) is 0 Å². The molecule has 1 aliphatic carbocycles. The Bertz CT molecular complexity index is 215. The zero-order chi connectivity index (χ0) is 12.9. The average molecular weight is 251 g/mol. The minimum Gasteiger partial charge on any atom is -0.317 e. The molecule has 0 amide bonds. The first-order chi connectivity index (χ1) is 7.96. The Labute approximate surface area is 102 Å². The Morgan fingerprint density at radius 2 is 2.00 bits per heavy atom. The summed E-state index contributed by atoms with van der Waals surface area (Å²) in [6.07, 6.45) is 1.31. The lowest BCUT2D eigenvalue weighted by atomic mass is 9.76. The van der Waals surface area contributed by atoms with Gasteiger partial charge in [0.1, 0.15) is 0 Å². The van der Waals surface area contributed by atoms with Crippen molar-refractivity contribution in [3.63, 3.8) is 0 Å². The van der Waals surface area contributed by atoms with Gasteiger partial charge in [0.05, 0.1) is 0 Å². The van der Waals surface area contributed by atoms with Gasteiger partial charge in [-0.2, -0.15) is 13.2 Å². The van der Waals surface area contributed by atoms with Gasteiger partial charge in [-0.05, 0) is 38.1 Å². The zero-order valence-electron chi connectivity index (χ0n) is 10.8. The lowest BCUT2D eigenvalue weighted by Crippen LogP contribution is -2.37. The van der Waals surface area contributed by atoms with Crippen molar-refractivity contribution in [3.8, 4) is 0 Å². The molecule has 3 atom stereocenters. The Morgan fingerprint density at radius 1 is 1.29 bits per heavy atom. The van der Waals surface area contributed by atoms with Gasteiger partial charge in [0, 0.05) is 12.5 Å². The molecule has 0 spiro atoms. The van der Waals surface area contributed by atoms with Crippen LogP contribution in [-0.4, -0.2) is 19.3 Å². The van der Waals surface area contributed by atoms with Crippen LogP contribution in [0, 0.1) is 11.8 Å². The molecule has 1 rings (SSSR count). The van der Waals surface area contributed by atoms with Crippen molar-refractivity contribution in [2.24, 2.45) is 11.8 Å². The Hall–Kier alpha value is -0.250. The van der Waals surface area contributed by atoms with Crippen LogP contribution in [-0.2, 0) is 0 Å². The van der Waals surface area contributed by atoms with Crippen molar-refractivity contribution >= 4 is 0 Å². The van der Waals surface area contributed by atoms with Crippen LogP contribution in [0.1, 0.15) is 51.9 Å². The van der Waals surface area contributed by atoms with Crippen LogP contribution in [0.15, 0.2) is 0 Å². The lowest BCUT2D eigenvalue weighted by Gasteiger charge is -2.34.